The smallest absolute Gasteiger partial charge is 0.222 e. The van der Waals surface area contributed by atoms with E-state index in [0.717, 1.165) is 30.0 Å². The first-order chi connectivity index (χ1) is 13.5. The van der Waals surface area contributed by atoms with E-state index in [4.69, 9.17) is 31.5 Å². The van der Waals surface area contributed by atoms with Crippen molar-refractivity contribution < 1.29 is 14.2 Å². The maximum Gasteiger partial charge on any atom is 0.222 e. The third kappa shape index (κ3) is 4.59. The summed E-state index contributed by atoms with van der Waals surface area (Å²) in [6, 6.07) is 5.56. The summed E-state index contributed by atoms with van der Waals surface area (Å²) < 4.78 is 17.3. The van der Waals surface area contributed by atoms with Crippen molar-refractivity contribution in [3.05, 3.63) is 34.5 Å². The topological polar surface area (TPSA) is 82.7 Å². The highest BCUT2D eigenvalue weighted by Gasteiger charge is 2.28. The molecule has 1 aliphatic heterocycles. The minimum absolute atomic E-state index is 0.126. The number of hydrogen-bond donors (Lipinski definition) is 1. The van der Waals surface area contributed by atoms with Gasteiger partial charge in [-0.1, -0.05) is 11.6 Å². The summed E-state index contributed by atoms with van der Waals surface area (Å²) in [5, 5.41) is 0.603. The summed E-state index contributed by atoms with van der Waals surface area (Å²) in [6.07, 6.45) is 0.881. The van der Waals surface area contributed by atoms with Gasteiger partial charge in [-0.3, -0.25) is 0 Å². The molecule has 1 fully saturated rings. The number of halogens is 1. The van der Waals surface area contributed by atoms with Crippen LogP contribution in [0.3, 0.4) is 0 Å². The number of nitrogen functional groups attached to an aromatic ring is 1. The highest BCUT2D eigenvalue weighted by molar-refractivity contribution is 6.31. The van der Waals surface area contributed by atoms with Crippen LogP contribution in [0.2, 0.25) is 5.02 Å². The summed E-state index contributed by atoms with van der Waals surface area (Å²) >= 11 is 6.66. The number of nitrogens with zero attached hydrogens (tertiary/aromatic N) is 3. The first-order valence-electron chi connectivity index (χ1n) is 9.58. The molecular weight excluding hydrogens is 380 g/mol. The van der Waals surface area contributed by atoms with Crippen molar-refractivity contribution in [1.29, 1.82) is 0 Å². The van der Waals surface area contributed by atoms with Gasteiger partial charge in [-0.2, -0.15) is 4.98 Å². The maximum absolute atomic E-state index is 6.66. The molecule has 3 rings (SSSR count). The molecule has 1 saturated heterocycles. The summed E-state index contributed by atoms with van der Waals surface area (Å²) in [4.78, 5) is 10.8. The second-order valence-electron chi connectivity index (χ2n) is 6.55. The highest BCUT2D eigenvalue weighted by atomic mass is 35.5. The molecule has 1 aliphatic rings. The van der Waals surface area contributed by atoms with Crippen LogP contribution in [0, 0.1) is 6.92 Å². The van der Waals surface area contributed by atoms with Gasteiger partial charge in [-0.15, -0.1) is 0 Å². The molecule has 2 aromatic rings. The van der Waals surface area contributed by atoms with Gasteiger partial charge in [0.1, 0.15) is 5.82 Å². The molecule has 0 bridgehead atoms. The van der Waals surface area contributed by atoms with E-state index >= 15 is 0 Å². The third-order valence-electron chi connectivity index (χ3n) is 4.51. The monoisotopic (exact) mass is 406 g/mol. The van der Waals surface area contributed by atoms with Crippen molar-refractivity contribution in [3.8, 4) is 11.5 Å². The molecule has 1 aromatic carbocycles. The Morgan fingerprint density at radius 3 is 2.57 bits per heavy atom. The molecule has 0 saturated carbocycles. The van der Waals surface area contributed by atoms with Crippen molar-refractivity contribution in [1.82, 2.24) is 9.97 Å². The van der Waals surface area contributed by atoms with E-state index in [1.54, 1.807) is 0 Å². The Bertz CT molecular complexity index is 798. The predicted molar refractivity (Wildman–Crippen MR) is 110 cm³/mol. The fraction of sp³-hybridized carbons (Fsp3) is 0.500. The van der Waals surface area contributed by atoms with Crippen LogP contribution in [0.5, 0.6) is 11.5 Å². The lowest BCUT2D eigenvalue weighted by Crippen LogP contribution is -2.32. The van der Waals surface area contributed by atoms with Gasteiger partial charge in [0.25, 0.3) is 0 Å². The van der Waals surface area contributed by atoms with E-state index in [0.29, 0.717) is 42.9 Å². The fourth-order valence-corrected chi connectivity index (χ4v) is 3.65. The average Bonchev–Trinajstić information content (AvgIpc) is 2.89. The zero-order valence-electron chi connectivity index (χ0n) is 16.6. The minimum Gasteiger partial charge on any atom is -0.490 e. The molecular formula is C20H27ClN4O3. The van der Waals surface area contributed by atoms with Crippen LogP contribution in [0.4, 0.5) is 11.8 Å². The van der Waals surface area contributed by atoms with Crippen LogP contribution in [-0.2, 0) is 4.74 Å². The number of anilines is 2. The van der Waals surface area contributed by atoms with Gasteiger partial charge < -0.3 is 24.8 Å². The van der Waals surface area contributed by atoms with E-state index in [2.05, 4.69) is 14.9 Å². The Morgan fingerprint density at radius 2 is 1.89 bits per heavy atom. The van der Waals surface area contributed by atoms with Gasteiger partial charge in [0, 0.05) is 36.0 Å². The van der Waals surface area contributed by atoms with Crippen molar-refractivity contribution in [2.24, 2.45) is 0 Å². The molecule has 152 valence electrons. The second kappa shape index (κ2) is 9.30. The number of benzene rings is 1. The quantitative estimate of drug-likeness (QED) is 0.781. The van der Waals surface area contributed by atoms with Crippen LogP contribution in [-0.4, -0.2) is 42.9 Å². The molecule has 0 spiro atoms. The summed E-state index contributed by atoms with van der Waals surface area (Å²) in [7, 11) is 0. The molecule has 1 atom stereocenters. The molecule has 7 nitrogen and oxygen atoms in total. The van der Waals surface area contributed by atoms with Gasteiger partial charge in [0.05, 0.1) is 25.9 Å². The van der Waals surface area contributed by atoms with Crippen molar-refractivity contribution >= 4 is 23.4 Å². The standard InChI is InChI=1S/C20H27ClN4O3/c1-4-27-17-10-14(15(21)11-18(17)28-5-2)16-12-26-8-6-7-25(16)19-9-13(3)23-20(22)24-19/h9-11,16H,4-8,12H2,1-3H3,(H2,22,23,24)/t16-/m1/s1. The lowest BCUT2D eigenvalue weighted by atomic mass is 10.0. The van der Waals surface area contributed by atoms with E-state index in [-0.39, 0.29) is 12.0 Å². The summed E-state index contributed by atoms with van der Waals surface area (Å²) in [6.45, 7) is 8.79. The van der Waals surface area contributed by atoms with Crippen molar-refractivity contribution in [2.75, 3.05) is 43.6 Å². The Kier molecular flexibility index (Phi) is 6.80. The van der Waals surface area contributed by atoms with Crippen LogP contribution < -0.4 is 20.1 Å². The molecule has 0 unspecified atom stereocenters. The number of nitrogens with two attached hydrogens (primary N) is 1. The zero-order chi connectivity index (χ0) is 20.1. The average molecular weight is 407 g/mol. The lowest BCUT2D eigenvalue weighted by Gasteiger charge is -2.32. The highest BCUT2D eigenvalue weighted by Crippen LogP contribution is 2.40. The summed E-state index contributed by atoms with van der Waals surface area (Å²) in [5.74, 6) is 2.34. The SMILES string of the molecule is CCOc1cc(Cl)c([C@H]2COCCCN2c2cc(C)nc(N)n2)cc1OCC. The molecule has 0 radical (unpaired) electrons. The van der Waals surface area contributed by atoms with E-state index < -0.39 is 0 Å². The van der Waals surface area contributed by atoms with E-state index in [1.165, 1.54) is 0 Å². The number of aryl methyl sites for hydroxylation is 1. The Hall–Kier alpha value is -2.25. The van der Waals surface area contributed by atoms with Crippen LogP contribution >= 0.6 is 11.6 Å². The molecule has 28 heavy (non-hydrogen) atoms. The molecule has 1 aromatic heterocycles. The predicted octanol–water partition coefficient (Wildman–Crippen LogP) is 3.79. The minimum atomic E-state index is -0.126. The first kappa shape index (κ1) is 20.5. The number of rotatable bonds is 6. The molecule has 2 heterocycles. The van der Waals surface area contributed by atoms with Crippen LogP contribution in [0.15, 0.2) is 18.2 Å². The van der Waals surface area contributed by atoms with Crippen molar-refractivity contribution in [2.45, 2.75) is 33.2 Å². The maximum atomic E-state index is 6.66. The largest absolute Gasteiger partial charge is 0.490 e. The number of ether oxygens (including phenoxy) is 3. The number of hydrogen-bond acceptors (Lipinski definition) is 7. The normalized spacial score (nSPS) is 17.3. The van der Waals surface area contributed by atoms with Gasteiger partial charge in [-0.05, 0) is 38.8 Å². The Labute approximate surface area is 170 Å². The Balaban J connectivity index is 2.05. The van der Waals surface area contributed by atoms with Gasteiger partial charge in [-0.25, -0.2) is 4.98 Å². The lowest BCUT2D eigenvalue weighted by molar-refractivity contribution is 0.134. The molecule has 0 amide bonds. The first-order valence-corrected chi connectivity index (χ1v) is 9.95. The Morgan fingerprint density at radius 1 is 1.18 bits per heavy atom. The van der Waals surface area contributed by atoms with Gasteiger partial charge in [0.2, 0.25) is 5.95 Å². The van der Waals surface area contributed by atoms with E-state index in [1.807, 2.05) is 39.0 Å². The van der Waals surface area contributed by atoms with Crippen LogP contribution in [0.25, 0.3) is 0 Å². The molecule has 2 N–H and O–H groups in total. The fourth-order valence-electron chi connectivity index (χ4n) is 3.37. The van der Waals surface area contributed by atoms with Crippen molar-refractivity contribution in [3.63, 3.8) is 0 Å². The number of aromatic nitrogens is 2. The van der Waals surface area contributed by atoms with Crippen LogP contribution in [0.1, 0.15) is 37.6 Å². The summed E-state index contributed by atoms with van der Waals surface area (Å²) in [5.41, 5.74) is 7.62. The van der Waals surface area contributed by atoms with Gasteiger partial charge in [0.15, 0.2) is 11.5 Å². The zero-order valence-corrected chi connectivity index (χ0v) is 17.3. The second-order valence-corrected chi connectivity index (χ2v) is 6.96. The molecule has 0 aliphatic carbocycles. The molecule has 8 heteroatoms. The van der Waals surface area contributed by atoms with E-state index in [9.17, 15) is 0 Å². The third-order valence-corrected chi connectivity index (χ3v) is 4.84. The van der Waals surface area contributed by atoms with Gasteiger partial charge >= 0.3 is 0 Å².